The number of nitrogens with one attached hydrogen (secondary N) is 2. The Morgan fingerprint density at radius 3 is 3.00 bits per heavy atom. The molecular formula is C16H15FN2O3. The zero-order chi connectivity index (χ0) is 15.5. The van der Waals surface area contributed by atoms with E-state index in [2.05, 4.69) is 10.3 Å². The summed E-state index contributed by atoms with van der Waals surface area (Å²) in [6.07, 6.45) is 3.30. The number of carbonyl (C=O) groups is 1. The first kappa shape index (κ1) is 14.3. The van der Waals surface area contributed by atoms with Gasteiger partial charge in [0.2, 0.25) is 5.91 Å². The van der Waals surface area contributed by atoms with Crippen molar-refractivity contribution < 1.29 is 18.7 Å². The normalized spacial score (nSPS) is 12.5. The molecule has 2 heterocycles. The molecule has 0 fully saturated rings. The van der Waals surface area contributed by atoms with Crippen molar-refractivity contribution in [2.45, 2.75) is 12.5 Å². The van der Waals surface area contributed by atoms with E-state index in [1.165, 1.54) is 18.4 Å². The lowest BCUT2D eigenvalue weighted by Crippen LogP contribution is -2.31. The molecule has 1 atom stereocenters. The largest absolute Gasteiger partial charge is 0.467 e. The van der Waals surface area contributed by atoms with E-state index in [1.54, 1.807) is 24.4 Å². The first-order chi connectivity index (χ1) is 10.7. The Labute approximate surface area is 125 Å². The van der Waals surface area contributed by atoms with Gasteiger partial charge in [-0.25, -0.2) is 4.39 Å². The monoisotopic (exact) mass is 302 g/mol. The van der Waals surface area contributed by atoms with E-state index in [1.807, 2.05) is 0 Å². The van der Waals surface area contributed by atoms with E-state index >= 15 is 0 Å². The number of aliphatic hydroxyl groups excluding tert-OH is 1. The summed E-state index contributed by atoms with van der Waals surface area (Å²) in [5, 5.41) is 12.9. The van der Waals surface area contributed by atoms with Crippen molar-refractivity contribution in [2.75, 3.05) is 6.61 Å². The fraction of sp³-hybridized carbons (Fsp3) is 0.188. The van der Waals surface area contributed by atoms with Gasteiger partial charge in [0.25, 0.3) is 0 Å². The highest BCUT2D eigenvalue weighted by Gasteiger charge is 2.17. The number of aliphatic hydroxyl groups is 1. The van der Waals surface area contributed by atoms with Crippen molar-refractivity contribution in [3.8, 4) is 0 Å². The maximum atomic E-state index is 13.1. The molecule has 0 saturated heterocycles. The van der Waals surface area contributed by atoms with E-state index in [-0.39, 0.29) is 24.8 Å². The molecule has 3 aromatic rings. The lowest BCUT2D eigenvalue weighted by atomic mass is 10.1. The number of fused-ring (bicyclic) bond motifs is 1. The zero-order valence-corrected chi connectivity index (χ0v) is 11.7. The number of hydrogen-bond acceptors (Lipinski definition) is 3. The standard InChI is InChI=1S/C16H15FN2O3/c17-11-3-4-12-10(8-18-13(12)7-11)6-16(21)19-14(9-20)15-2-1-5-22-15/h1-5,7-8,14,18,20H,6,9H2,(H,19,21). The summed E-state index contributed by atoms with van der Waals surface area (Å²) in [6, 6.07) is 7.19. The highest BCUT2D eigenvalue weighted by Crippen LogP contribution is 2.20. The number of aromatic amines is 1. The van der Waals surface area contributed by atoms with E-state index in [0.717, 1.165) is 10.9 Å². The summed E-state index contributed by atoms with van der Waals surface area (Å²) in [5.74, 6) is -0.0824. The predicted octanol–water partition coefficient (Wildman–Crippen LogP) is 2.29. The fourth-order valence-electron chi connectivity index (χ4n) is 2.42. The molecule has 3 N–H and O–H groups in total. The molecule has 0 aliphatic heterocycles. The lowest BCUT2D eigenvalue weighted by Gasteiger charge is -2.13. The molecule has 3 rings (SSSR count). The van der Waals surface area contributed by atoms with Crippen LogP contribution in [0.3, 0.4) is 0 Å². The van der Waals surface area contributed by atoms with Gasteiger partial charge in [-0.2, -0.15) is 0 Å². The number of rotatable bonds is 5. The molecule has 1 unspecified atom stereocenters. The van der Waals surface area contributed by atoms with Gasteiger partial charge in [0, 0.05) is 17.1 Å². The molecule has 6 heteroatoms. The first-order valence-corrected chi connectivity index (χ1v) is 6.86. The van der Waals surface area contributed by atoms with Crippen molar-refractivity contribution in [1.82, 2.24) is 10.3 Å². The molecule has 0 aliphatic rings. The van der Waals surface area contributed by atoms with Gasteiger partial charge in [-0.15, -0.1) is 0 Å². The molecule has 0 aliphatic carbocycles. The third-order valence-electron chi connectivity index (χ3n) is 3.48. The Hall–Kier alpha value is -2.60. The Balaban J connectivity index is 1.73. The average molecular weight is 302 g/mol. The Morgan fingerprint density at radius 1 is 1.41 bits per heavy atom. The first-order valence-electron chi connectivity index (χ1n) is 6.86. The number of benzene rings is 1. The second kappa shape index (κ2) is 6.03. The van der Waals surface area contributed by atoms with Crippen LogP contribution in [0.1, 0.15) is 17.4 Å². The molecule has 0 spiro atoms. The summed E-state index contributed by atoms with van der Waals surface area (Å²) >= 11 is 0. The van der Waals surface area contributed by atoms with Crippen molar-refractivity contribution in [3.63, 3.8) is 0 Å². The van der Waals surface area contributed by atoms with Crippen molar-refractivity contribution in [2.24, 2.45) is 0 Å². The van der Waals surface area contributed by atoms with Gasteiger partial charge in [0.05, 0.1) is 19.3 Å². The molecule has 5 nitrogen and oxygen atoms in total. The summed E-state index contributed by atoms with van der Waals surface area (Å²) in [5.41, 5.74) is 1.41. The zero-order valence-electron chi connectivity index (χ0n) is 11.7. The number of carbonyl (C=O) groups excluding carboxylic acids is 1. The Morgan fingerprint density at radius 2 is 2.27 bits per heavy atom. The molecule has 22 heavy (non-hydrogen) atoms. The molecule has 1 amide bonds. The van der Waals surface area contributed by atoms with Crippen LogP contribution in [-0.4, -0.2) is 22.6 Å². The van der Waals surface area contributed by atoms with E-state index < -0.39 is 6.04 Å². The Bertz CT molecular complexity index is 780. The minimum absolute atomic E-state index is 0.128. The van der Waals surface area contributed by atoms with Gasteiger partial charge >= 0.3 is 0 Å². The molecule has 114 valence electrons. The highest BCUT2D eigenvalue weighted by atomic mass is 19.1. The third kappa shape index (κ3) is 2.87. The lowest BCUT2D eigenvalue weighted by molar-refractivity contribution is -0.121. The van der Waals surface area contributed by atoms with E-state index in [9.17, 15) is 14.3 Å². The number of halogens is 1. The SMILES string of the molecule is O=C(Cc1c[nH]c2cc(F)ccc12)NC(CO)c1ccco1. The van der Waals surface area contributed by atoms with Gasteiger partial charge in [0.1, 0.15) is 17.6 Å². The summed E-state index contributed by atoms with van der Waals surface area (Å²) in [7, 11) is 0. The maximum Gasteiger partial charge on any atom is 0.225 e. The minimum atomic E-state index is -0.579. The second-order valence-electron chi connectivity index (χ2n) is 5.00. The number of hydrogen-bond donors (Lipinski definition) is 3. The van der Waals surface area contributed by atoms with Crippen molar-refractivity contribution in [1.29, 1.82) is 0 Å². The van der Waals surface area contributed by atoms with Crippen molar-refractivity contribution >= 4 is 16.8 Å². The molecule has 0 radical (unpaired) electrons. The van der Waals surface area contributed by atoms with Gasteiger partial charge in [-0.3, -0.25) is 4.79 Å². The number of H-pyrrole nitrogens is 1. The van der Waals surface area contributed by atoms with Crippen LogP contribution in [0.4, 0.5) is 4.39 Å². The summed E-state index contributed by atoms with van der Waals surface area (Å²) in [6.45, 7) is -0.252. The number of aromatic nitrogens is 1. The van der Waals surface area contributed by atoms with Crippen LogP contribution in [0.25, 0.3) is 10.9 Å². The summed E-state index contributed by atoms with van der Waals surface area (Å²) < 4.78 is 18.3. The maximum absolute atomic E-state index is 13.1. The fourth-order valence-corrected chi connectivity index (χ4v) is 2.42. The predicted molar refractivity (Wildman–Crippen MR) is 78.6 cm³/mol. The van der Waals surface area contributed by atoms with Gasteiger partial charge in [0.15, 0.2) is 0 Å². The number of furan rings is 1. The minimum Gasteiger partial charge on any atom is -0.467 e. The third-order valence-corrected chi connectivity index (χ3v) is 3.48. The van der Waals surface area contributed by atoms with E-state index in [0.29, 0.717) is 11.3 Å². The quantitative estimate of drug-likeness (QED) is 0.676. The molecule has 0 bridgehead atoms. The highest BCUT2D eigenvalue weighted by molar-refractivity contribution is 5.89. The van der Waals surface area contributed by atoms with Crippen LogP contribution in [0.2, 0.25) is 0 Å². The van der Waals surface area contributed by atoms with Gasteiger partial charge in [-0.1, -0.05) is 0 Å². The van der Waals surface area contributed by atoms with Crippen molar-refractivity contribution in [3.05, 3.63) is 59.9 Å². The average Bonchev–Trinajstić information content (AvgIpc) is 3.15. The van der Waals surface area contributed by atoms with Crippen LogP contribution in [0, 0.1) is 5.82 Å². The summed E-state index contributed by atoms with van der Waals surface area (Å²) in [4.78, 5) is 15.1. The van der Waals surface area contributed by atoms with Crippen LogP contribution >= 0.6 is 0 Å². The number of amides is 1. The second-order valence-corrected chi connectivity index (χ2v) is 5.00. The topological polar surface area (TPSA) is 78.3 Å². The van der Waals surface area contributed by atoms with Gasteiger partial charge < -0.3 is 19.8 Å². The van der Waals surface area contributed by atoms with Crippen LogP contribution in [0.15, 0.2) is 47.2 Å². The van der Waals surface area contributed by atoms with E-state index in [4.69, 9.17) is 4.42 Å². The Kier molecular flexibility index (Phi) is 3.93. The molecule has 0 saturated carbocycles. The van der Waals surface area contributed by atoms with Crippen LogP contribution in [0.5, 0.6) is 0 Å². The van der Waals surface area contributed by atoms with Crippen LogP contribution in [-0.2, 0) is 11.2 Å². The molecule has 1 aromatic carbocycles. The smallest absolute Gasteiger partial charge is 0.225 e. The molecule has 2 aromatic heterocycles. The van der Waals surface area contributed by atoms with Crippen LogP contribution < -0.4 is 5.32 Å². The van der Waals surface area contributed by atoms with Gasteiger partial charge in [-0.05, 0) is 35.9 Å². The molecular weight excluding hydrogens is 287 g/mol.